The van der Waals surface area contributed by atoms with Gasteiger partial charge in [0.1, 0.15) is 6.04 Å². The fourth-order valence-electron chi connectivity index (χ4n) is 2.86. The Labute approximate surface area is 128 Å². The van der Waals surface area contributed by atoms with Crippen LogP contribution < -0.4 is 5.32 Å². The lowest BCUT2D eigenvalue weighted by molar-refractivity contribution is -0.136. The third-order valence-electron chi connectivity index (χ3n) is 4.03. The summed E-state index contributed by atoms with van der Waals surface area (Å²) in [6, 6.07) is -0.301. The predicted octanol–water partition coefficient (Wildman–Crippen LogP) is 0.374. The van der Waals surface area contributed by atoms with Gasteiger partial charge in [-0.15, -0.1) is 11.3 Å². The Hall–Kier alpha value is -1.47. The van der Waals surface area contributed by atoms with Crippen molar-refractivity contribution in [1.29, 1.82) is 0 Å². The number of piperazine rings is 1. The maximum atomic E-state index is 12.3. The summed E-state index contributed by atoms with van der Waals surface area (Å²) in [6.45, 7) is 6.06. The number of aryl methyl sites for hydroxylation is 1. The number of amides is 2. The van der Waals surface area contributed by atoms with Crippen LogP contribution in [0, 0.1) is 6.92 Å². The standard InChI is InChI=1S/C14H20N4O2S/c1-10-15-11(9-21-10)8-17-4-6-18(7-5-17)14(20)12-2-3-13(19)16-12/h9,12H,2-8H2,1H3,(H,16,19)/t12-/m0/s1. The zero-order valence-electron chi connectivity index (χ0n) is 12.2. The summed E-state index contributed by atoms with van der Waals surface area (Å²) >= 11 is 1.67. The van der Waals surface area contributed by atoms with Crippen LogP contribution in [0.15, 0.2) is 5.38 Å². The molecular formula is C14H20N4O2S. The van der Waals surface area contributed by atoms with Gasteiger partial charge in [0, 0.05) is 44.5 Å². The van der Waals surface area contributed by atoms with Crippen LogP contribution in [-0.2, 0) is 16.1 Å². The molecule has 2 aliphatic rings. The Morgan fingerprint density at radius 3 is 2.76 bits per heavy atom. The minimum absolute atomic E-state index is 0.00844. The highest BCUT2D eigenvalue weighted by Gasteiger charge is 2.32. The normalized spacial score (nSPS) is 23.4. The number of nitrogens with zero attached hydrogens (tertiary/aromatic N) is 3. The van der Waals surface area contributed by atoms with Crippen molar-refractivity contribution >= 4 is 23.2 Å². The van der Waals surface area contributed by atoms with E-state index in [0.717, 1.165) is 43.4 Å². The highest BCUT2D eigenvalue weighted by atomic mass is 32.1. The molecule has 1 N–H and O–H groups in total. The average molecular weight is 308 g/mol. The summed E-state index contributed by atoms with van der Waals surface area (Å²) < 4.78 is 0. The van der Waals surface area contributed by atoms with Gasteiger partial charge < -0.3 is 10.2 Å². The van der Waals surface area contributed by atoms with Crippen molar-refractivity contribution in [3.05, 3.63) is 16.1 Å². The van der Waals surface area contributed by atoms with Crippen molar-refractivity contribution in [2.24, 2.45) is 0 Å². The molecule has 114 valence electrons. The Bertz CT molecular complexity index is 537. The summed E-state index contributed by atoms with van der Waals surface area (Å²) in [4.78, 5) is 32.2. The number of aromatic nitrogens is 1. The molecule has 2 fully saturated rings. The number of carbonyl (C=O) groups excluding carboxylic acids is 2. The minimum Gasteiger partial charge on any atom is -0.344 e. The molecule has 1 atom stereocenters. The maximum absolute atomic E-state index is 12.3. The lowest BCUT2D eigenvalue weighted by Gasteiger charge is -2.35. The van der Waals surface area contributed by atoms with E-state index in [4.69, 9.17) is 0 Å². The Morgan fingerprint density at radius 1 is 1.43 bits per heavy atom. The van der Waals surface area contributed by atoms with Gasteiger partial charge >= 0.3 is 0 Å². The number of nitrogens with one attached hydrogen (secondary N) is 1. The third kappa shape index (κ3) is 3.41. The first kappa shape index (κ1) is 14.5. The molecule has 0 spiro atoms. The van der Waals surface area contributed by atoms with E-state index in [1.807, 2.05) is 11.8 Å². The smallest absolute Gasteiger partial charge is 0.245 e. The van der Waals surface area contributed by atoms with Crippen LogP contribution in [0.4, 0.5) is 0 Å². The molecule has 0 bridgehead atoms. The van der Waals surface area contributed by atoms with Gasteiger partial charge in [-0.1, -0.05) is 0 Å². The van der Waals surface area contributed by atoms with Crippen molar-refractivity contribution in [2.45, 2.75) is 32.4 Å². The van der Waals surface area contributed by atoms with Crippen molar-refractivity contribution in [3.8, 4) is 0 Å². The lowest BCUT2D eigenvalue weighted by atomic mass is 10.2. The molecule has 2 saturated heterocycles. The largest absolute Gasteiger partial charge is 0.344 e. The number of rotatable bonds is 3. The third-order valence-corrected chi connectivity index (χ3v) is 4.85. The molecule has 1 aromatic heterocycles. The molecule has 6 nitrogen and oxygen atoms in total. The maximum Gasteiger partial charge on any atom is 0.245 e. The van der Waals surface area contributed by atoms with Gasteiger partial charge in [0.05, 0.1) is 10.7 Å². The van der Waals surface area contributed by atoms with Crippen molar-refractivity contribution in [3.63, 3.8) is 0 Å². The number of carbonyl (C=O) groups is 2. The topological polar surface area (TPSA) is 65.5 Å². The van der Waals surface area contributed by atoms with Crippen molar-refractivity contribution in [1.82, 2.24) is 20.1 Å². The summed E-state index contributed by atoms with van der Waals surface area (Å²) in [6.07, 6.45) is 1.11. The molecular weight excluding hydrogens is 288 g/mol. The van der Waals surface area contributed by atoms with Gasteiger partial charge in [0.15, 0.2) is 0 Å². The SMILES string of the molecule is Cc1nc(CN2CCN(C(=O)[C@@H]3CCC(=O)N3)CC2)cs1. The van der Waals surface area contributed by atoms with Crippen LogP contribution in [0.5, 0.6) is 0 Å². The fourth-order valence-corrected chi connectivity index (χ4v) is 3.46. The monoisotopic (exact) mass is 308 g/mol. The zero-order chi connectivity index (χ0) is 14.8. The molecule has 3 rings (SSSR count). The van der Waals surface area contributed by atoms with E-state index in [1.165, 1.54) is 0 Å². The second-order valence-corrected chi connectivity index (χ2v) is 6.68. The molecule has 0 radical (unpaired) electrons. The molecule has 3 heterocycles. The van der Waals surface area contributed by atoms with Gasteiger partial charge in [0.25, 0.3) is 0 Å². The van der Waals surface area contributed by atoms with Crippen LogP contribution in [0.3, 0.4) is 0 Å². The van der Waals surface area contributed by atoms with Crippen molar-refractivity contribution < 1.29 is 9.59 Å². The quantitative estimate of drug-likeness (QED) is 0.876. The van der Waals surface area contributed by atoms with Crippen LogP contribution in [-0.4, -0.2) is 58.8 Å². The van der Waals surface area contributed by atoms with Crippen LogP contribution in [0.25, 0.3) is 0 Å². The number of hydrogen-bond donors (Lipinski definition) is 1. The van der Waals surface area contributed by atoms with E-state index in [9.17, 15) is 9.59 Å². The molecule has 2 aliphatic heterocycles. The molecule has 0 aliphatic carbocycles. The second-order valence-electron chi connectivity index (χ2n) is 5.62. The first-order valence-corrected chi connectivity index (χ1v) is 8.21. The Balaban J connectivity index is 1.48. The Kier molecular flexibility index (Phi) is 4.21. The molecule has 7 heteroatoms. The number of hydrogen-bond acceptors (Lipinski definition) is 5. The molecule has 0 aromatic carbocycles. The fraction of sp³-hybridized carbons (Fsp3) is 0.643. The van der Waals surface area contributed by atoms with E-state index in [0.29, 0.717) is 12.8 Å². The average Bonchev–Trinajstić information content (AvgIpc) is 3.08. The van der Waals surface area contributed by atoms with E-state index in [2.05, 4.69) is 20.6 Å². The summed E-state index contributed by atoms with van der Waals surface area (Å²) in [5.41, 5.74) is 1.11. The highest BCUT2D eigenvalue weighted by molar-refractivity contribution is 7.09. The summed E-state index contributed by atoms with van der Waals surface area (Å²) in [5.74, 6) is 0.0656. The minimum atomic E-state index is -0.301. The van der Waals surface area contributed by atoms with Crippen molar-refractivity contribution in [2.75, 3.05) is 26.2 Å². The molecule has 2 amide bonds. The van der Waals surface area contributed by atoms with Gasteiger partial charge in [-0.2, -0.15) is 0 Å². The van der Waals surface area contributed by atoms with Crippen LogP contribution >= 0.6 is 11.3 Å². The highest BCUT2D eigenvalue weighted by Crippen LogP contribution is 2.14. The van der Waals surface area contributed by atoms with Gasteiger partial charge in [-0.05, 0) is 13.3 Å². The summed E-state index contributed by atoms with van der Waals surface area (Å²) in [7, 11) is 0. The van der Waals surface area contributed by atoms with Crippen LogP contribution in [0.2, 0.25) is 0 Å². The van der Waals surface area contributed by atoms with E-state index in [1.54, 1.807) is 11.3 Å². The molecule has 0 saturated carbocycles. The van der Waals surface area contributed by atoms with Gasteiger partial charge in [-0.3, -0.25) is 14.5 Å². The number of thiazole rings is 1. The molecule has 0 unspecified atom stereocenters. The second kappa shape index (κ2) is 6.11. The first-order valence-electron chi connectivity index (χ1n) is 7.33. The predicted molar refractivity (Wildman–Crippen MR) is 79.9 cm³/mol. The lowest BCUT2D eigenvalue weighted by Crippen LogP contribution is -2.53. The first-order chi connectivity index (χ1) is 10.1. The van der Waals surface area contributed by atoms with Gasteiger partial charge in [0.2, 0.25) is 11.8 Å². The van der Waals surface area contributed by atoms with Crippen LogP contribution in [0.1, 0.15) is 23.5 Å². The van der Waals surface area contributed by atoms with Gasteiger partial charge in [-0.25, -0.2) is 4.98 Å². The molecule has 1 aromatic rings. The van der Waals surface area contributed by atoms with E-state index in [-0.39, 0.29) is 17.9 Å². The van der Waals surface area contributed by atoms with E-state index < -0.39 is 0 Å². The summed E-state index contributed by atoms with van der Waals surface area (Å²) in [5, 5.41) is 5.94. The zero-order valence-corrected chi connectivity index (χ0v) is 13.0. The van der Waals surface area contributed by atoms with E-state index >= 15 is 0 Å². The Morgan fingerprint density at radius 2 is 2.19 bits per heavy atom. The molecule has 21 heavy (non-hydrogen) atoms.